The zero-order valence-corrected chi connectivity index (χ0v) is 15.2. The number of esters is 1. The molecule has 0 aliphatic carbocycles. The van der Waals surface area contributed by atoms with Crippen LogP contribution in [0.4, 0.5) is 11.4 Å². The topological polar surface area (TPSA) is 112 Å². The van der Waals surface area contributed by atoms with Gasteiger partial charge in [0.2, 0.25) is 0 Å². The third-order valence-corrected chi connectivity index (χ3v) is 4.07. The summed E-state index contributed by atoms with van der Waals surface area (Å²) in [4.78, 5) is 28.2. The Balaban J connectivity index is 1.69. The van der Waals surface area contributed by atoms with E-state index in [1.165, 1.54) is 23.4 Å². The van der Waals surface area contributed by atoms with Crippen LogP contribution in [0.2, 0.25) is 10.0 Å². The van der Waals surface area contributed by atoms with Gasteiger partial charge < -0.3 is 15.8 Å². The van der Waals surface area contributed by atoms with E-state index < -0.39 is 18.5 Å². The number of carbonyl (C=O) groups excluding carboxylic acids is 2. The summed E-state index contributed by atoms with van der Waals surface area (Å²) in [6.07, 6.45) is 2.83. The summed E-state index contributed by atoms with van der Waals surface area (Å²) >= 11 is 11.9. The van der Waals surface area contributed by atoms with Crippen LogP contribution in [0.3, 0.4) is 0 Å². The number of nitrogens with zero attached hydrogens (tertiary/aromatic N) is 3. The minimum Gasteiger partial charge on any atom is -0.452 e. The number of halogens is 2. The average Bonchev–Trinajstić information content (AvgIpc) is 3.16. The maximum absolute atomic E-state index is 12.2. The Morgan fingerprint density at radius 1 is 1.22 bits per heavy atom. The molecule has 0 spiro atoms. The standard InChI is InChI=1S/C17H13Cl2N5O3/c18-10-4-5-14(24-9-21-8-22-24)13(6-10)23-15(25)7-27-17(26)11-2-1-3-12(19)16(11)20/h1-6,8-9H,7,20H2,(H,23,25). The quantitative estimate of drug-likeness (QED) is 0.498. The fourth-order valence-electron chi connectivity index (χ4n) is 2.25. The third kappa shape index (κ3) is 4.36. The van der Waals surface area contributed by atoms with Gasteiger partial charge in [-0.3, -0.25) is 4.79 Å². The summed E-state index contributed by atoms with van der Waals surface area (Å²) in [6.45, 7) is -0.520. The van der Waals surface area contributed by atoms with E-state index >= 15 is 0 Å². The number of para-hydroxylation sites is 1. The third-order valence-electron chi connectivity index (χ3n) is 3.51. The molecule has 27 heavy (non-hydrogen) atoms. The van der Waals surface area contributed by atoms with Crippen LogP contribution in [-0.4, -0.2) is 33.2 Å². The van der Waals surface area contributed by atoms with Crippen LogP contribution in [0.5, 0.6) is 0 Å². The molecule has 0 bridgehead atoms. The molecule has 3 aromatic rings. The number of rotatable bonds is 5. The lowest BCUT2D eigenvalue weighted by molar-refractivity contribution is -0.119. The van der Waals surface area contributed by atoms with Gasteiger partial charge in [0, 0.05) is 5.02 Å². The van der Waals surface area contributed by atoms with Crippen molar-refractivity contribution in [3.63, 3.8) is 0 Å². The van der Waals surface area contributed by atoms with Crippen molar-refractivity contribution in [2.75, 3.05) is 17.7 Å². The Bertz CT molecular complexity index is 992. The van der Waals surface area contributed by atoms with Crippen LogP contribution in [0.1, 0.15) is 10.4 Å². The number of benzene rings is 2. The van der Waals surface area contributed by atoms with Gasteiger partial charge in [-0.25, -0.2) is 14.5 Å². The van der Waals surface area contributed by atoms with Crippen molar-refractivity contribution in [1.82, 2.24) is 14.8 Å². The molecule has 138 valence electrons. The number of anilines is 2. The van der Waals surface area contributed by atoms with Gasteiger partial charge in [0.25, 0.3) is 5.91 Å². The van der Waals surface area contributed by atoms with E-state index in [9.17, 15) is 9.59 Å². The first-order valence-electron chi connectivity index (χ1n) is 7.61. The van der Waals surface area contributed by atoms with E-state index in [2.05, 4.69) is 15.4 Å². The fourth-order valence-corrected chi connectivity index (χ4v) is 2.60. The molecular formula is C17H13Cl2N5O3. The highest BCUT2D eigenvalue weighted by molar-refractivity contribution is 6.33. The molecule has 0 saturated carbocycles. The molecule has 1 aromatic heterocycles. The molecule has 0 fully saturated rings. The summed E-state index contributed by atoms with van der Waals surface area (Å²) in [6, 6.07) is 9.44. The lowest BCUT2D eigenvalue weighted by atomic mass is 10.2. The second-order valence-electron chi connectivity index (χ2n) is 5.33. The van der Waals surface area contributed by atoms with Crippen LogP contribution in [0, 0.1) is 0 Å². The second-order valence-corrected chi connectivity index (χ2v) is 6.17. The Hall–Kier alpha value is -3.10. The number of ether oxygens (including phenoxy) is 1. The molecule has 0 radical (unpaired) electrons. The smallest absolute Gasteiger partial charge is 0.340 e. The highest BCUT2D eigenvalue weighted by Crippen LogP contribution is 2.25. The Morgan fingerprint density at radius 2 is 2.04 bits per heavy atom. The lowest BCUT2D eigenvalue weighted by Gasteiger charge is -2.12. The largest absolute Gasteiger partial charge is 0.452 e. The molecule has 2 aromatic carbocycles. The molecule has 3 N–H and O–H groups in total. The highest BCUT2D eigenvalue weighted by atomic mass is 35.5. The Kier molecular flexibility index (Phi) is 5.58. The van der Waals surface area contributed by atoms with Crippen molar-refractivity contribution >= 4 is 46.5 Å². The molecule has 1 amide bonds. The van der Waals surface area contributed by atoms with Gasteiger partial charge >= 0.3 is 5.97 Å². The number of hydrogen-bond acceptors (Lipinski definition) is 6. The van der Waals surface area contributed by atoms with E-state index in [1.807, 2.05) is 0 Å². The first-order valence-corrected chi connectivity index (χ1v) is 8.37. The van der Waals surface area contributed by atoms with Crippen molar-refractivity contribution in [1.29, 1.82) is 0 Å². The number of nitrogens with two attached hydrogens (primary N) is 1. The minimum absolute atomic E-state index is 0.0846. The summed E-state index contributed by atoms with van der Waals surface area (Å²) in [5.74, 6) is -1.32. The van der Waals surface area contributed by atoms with Gasteiger partial charge in [-0.15, -0.1) is 0 Å². The van der Waals surface area contributed by atoms with E-state index in [0.717, 1.165) is 0 Å². The number of hydrogen-bond donors (Lipinski definition) is 2. The van der Waals surface area contributed by atoms with Crippen LogP contribution in [0.15, 0.2) is 49.1 Å². The Morgan fingerprint density at radius 3 is 2.78 bits per heavy atom. The molecule has 0 aliphatic heterocycles. The predicted octanol–water partition coefficient (Wildman–Crippen LogP) is 2.95. The number of aromatic nitrogens is 3. The van der Waals surface area contributed by atoms with Crippen molar-refractivity contribution in [3.05, 3.63) is 64.7 Å². The van der Waals surface area contributed by atoms with Gasteiger partial charge in [-0.05, 0) is 30.3 Å². The predicted molar refractivity (Wildman–Crippen MR) is 101 cm³/mol. The minimum atomic E-state index is -0.757. The molecule has 10 heteroatoms. The summed E-state index contributed by atoms with van der Waals surface area (Å²) in [7, 11) is 0. The number of carbonyl (C=O) groups is 2. The zero-order chi connectivity index (χ0) is 19.4. The van der Waals surface area contributed by atoms with Crippen molar-refractivity contribution in [3.8, 4) is 5.69 Å². The van der Waals surface area contributed by atoms with E-state index in [1.54, 1.807) is 30.3 Å². The van der Waals surface area contributed by atoms with Gasteiger partial charge in [0.05, 0.1) is 27.6 Å². The summed E-state index contributed by atoms with van der Waals surface area (Å²) in [5, 5.41) is 7.28. The molecule has 8 nitrogen and oxygen atoms in total. The SMILES string of the molecule is Nc1c(Cl)cccc1C(=O)OCC(=O)Nc1cc(Cl)ccc1-n1cncn1. The summed E-state index contributed by atoms with van der Waals surface area (Å²) < 4.78 is 6.46. The normalized spacial score (nSPS) is 10.4. The van der Waals surface area contributed by atoms with Crippen LogP contribution in [-0.2, 0) is 9.53 Å². The van der Waals surface area contributed by atoms with Gasteiger partial charge in [0.15, 0.2) is 6.61 Å². The van der Waals surface area contributed by atoms with Crippen LogP contribution < -0.4 is 11.1 Å². The number of nitrogens with one attached hydrogen (secondary N) is 1. The summed E-state index contributed by atoms with van der Waals surface area (Å²) in [5.41, 5.74) is 6.85. The van der Waals surface area contributed by atoms with Gasteiger partial charge in [0.1, 0.15) is 12.7 Å². The molecule has 0 saturated heterocycles. The zero-order valence-electron chi connectivity index (χ0n) is 13.7. The second kappa shape index (κ2) is 8.07. The number of amides is 1. The van der Waals surface area contributed by atoms with Crippen molar-refractivity contribution < 1.29 is 14.3 Å². The molecule has 3 rings (SSSR count). The molecule has 0 aliphatic rings. The van der Waals surface area contributed by atoms with Crippen molar-refractivity contribution in [2.45, 2.75) is 0 Å². The fraction of sp³-hybridized carbons (Fsp3) is 0.0588. The first-order chi connectivity index (χ1) is 13.0. The van der Waals surface area contributed by atoms with Crippen LogP contribution >= 0.6 is 23.2 Å². The highest BCUT2D eigenvalue weighted by Gasteiger charge is 2.16. The Labute approximate surface area is 163 Å². The lowest BCUT2D eigenvalue weighted by Crippen LogP contribution is -2.22. The van der Waals surface area contributed by atoms with E-state index in [4.69, 9.17) is 33.7 Å². The van der Waals surface area contributed by atoms with Crippen molar-refractivity contribution in [2.24, 2.45) is 0 Å². The maximum atomic E-state index is 12.2. The average molecular weight is 406 g/mol. The maximum Gasteiger partial charge on any atom is 0.340 e. The first kappa shape index (κ1) is 18.7. The molecular weight excluding hydrogens is 393 g/mol. The van der Waals surface area contributed by atoms with E-state index in [-0.39, 0.29) is 16.3 Å². The molecule has 0 atom stereocenters. The van der Waals surface area contributed by atoms with Gasteiger partial charge in [-0.1, -0.05) is 29.3 Å². The number of nitrogen functional groups attached to an aromatic ring is 1. The van der Waals surface area contributed by atoms with E-state index in [0.29, 0.717) is 16.4 Å². The van der Waals surface area contributed by atoms with Crippen LogP contribution in [0.25, 0.3) is 5.69 Å². The van der Waals surface area contributed by atoms with Gasteiger partial charge in [-0.2, -0.15) is 5.10 Å². The molecule has 0 unspecified atom stereocenters. The molecule has 1 heterocycles. The monoisotopic (exact) mass is 405 g/mol.